The lowest BCUT2D eigenvalue weighted by molar-refractivity contribution is -0.127. The molecule has 0 aliphatic rings. The van der Waals surface area contributed by atoms with E-state index in [0.717, 1.165) is 16.3 Å². The highest BCUT2D eigenvalue weighted by Crippen LogP contribution is 2.35. The van der Waals surface area contributed by atoms with E-state index >= 15 is 0 Å². The first-order valence-electron chi connectivity index (χ1n) is 7.46. The van der Waals surface area contributed by atoms with Crippen molar-refractivity contribution in [1.29, 1.82) is 0 Å². The first-order chi connectivity index (χ1) is 11.7. The topological polar surface area (TPSA) is 100 Å². The van der Waals surface area contributed by atoms with Crippen LogP contribution in [0, 0.1) is 20.8 Å². The lowest BCUT2D eigenvalue weighted by atomic mass is 10.2. The molecule has 2 N–H and O–H groups in total. The first-order valence-corrected chi connectivity index (χ1v) is 8.72. The number of hydrogen-bond donors (Lipinski definition) is 3. The molecule has 25 heavy (non-hydrogen) atoms. The third-order valence-electron chi connectivity index (χ3n) is 3.30. The van der Waals surface area contributed by atoms with Crippen LogP contribution in [-0.2, 0) is 4.79 Å². The van der Waals surface area contributed by atoms with Crippen LogP contribution in [-0.4, -0.2) is 52.4 Å². The summed E-state index contributed by atoms with van der Waals surface area (Å²) < 4.78 is 0. The number of thiazole rings is 1. The summed E-state index contributed by atoms with van der Waals surface area (Å²) in [7, 11) is 3.25. The number of anilines is 1. The summed E-state index contributed by atoms with van der Waals surface area (Å²) in [6.45, 7) is 5.44. The summed E-state index contributed by atoms with van der Waals surface area (Å²) in [5.74, 6) is 0.449. The van der Waals surface area contributed by atoms with Crippen molar-refractivity contribution in [3.8, 4) is 10.6 Å². The Kier molecular flexibility index (Phi) is 5.96. The van der Waals surface area contributed by atoms with Crippen molar-refractivity contribution in [2.45, 2.75) is 25.7 Å². The summed E-state index contributed by atoms with van der Waals surface area (Å²) in [4.78, 5) is 39.4. The van der Waals surface area contributed by atoms with Gasteiger partial charge in [-0.2, -0.15) is 0 Å². The molecule has 2 rings (SSSR count). The summed E-state index contributed by atoms with van der Waals surface area (Å²) in [5, 5.41) is 5.55. The van der Waals surface area contributed by atoms with Gasteiger partial charge in [0.1, 0.15) is 5.82 Å². The molecule has 0 saturated carbocycles. The molecule has 0 fully saturated rings. The number of carbonyl (C=O) groups excluding carboxylic acids is 2. The molecule has 134 valence electrons. The molecule has 0 aliphatic heterocycles. The minimum Gasteiger partial charge on any atom is -0.347 e. The van der Waals surface area contributed by atoms with Crippen LogP contribution in [0.1, 0.15) is 17.2 Å². The molecule has 0 bridgehead atoms. The predicted molar refractivity (Wildman–Crippen MR) is 100 cm³/mol. The number of aryl methyl sites for hydroxylation is 3. The van der Waals surface area contributed by atoms with Gasteiger partial charge in [0.2, 0.25) is 5.91 Å². The van der Waals surface area contributed by atoms with Gasteiger partial charge >= 0.3 is 6.03 Å². The fourth-order valence-corrected chi connectivity index (χ4v) is 3.23. The van der Waals surface area contributed by atoms with Crippen LogP contribution in [0.25, 0.3) is 10.6 Å². The van der Waals surface area contributed by atoms with Gasteiger partial charge in [0.25, 0.3) is 0 Å². The fraction of sp³-hybridized carbons (Fsp3) is 0.400. The van der Waals surface area contributed by atoms with Crippen LogP contribution in [0.3, 0.4) is 0 Å². The number of nitrogens with one attached hydrogen (secondary N) is 2. The van der Waals surface area contributed by atoms with Crippen LogP contribution in [0.5, 0.6) is 0 Å². The van der Waals surface area contributed by atoms with Gasteiger partial charge in [-0.3, -0.25) is 10.1 Å². The lowest BCUT2D eigenvalue weighted by Crippen LogP contribution is -2.38. The molecule has 0 spiro atoms. The van der Waals surface area contributed by atoms with Crippen LogP contribution in [0.15, 0.2) is 4.90 Å². The number of aromatic nitrogens is 3. The Morgan fingerprint density at radius 1 is 1.12 bits per heavy atom. The second-order valence-electron chi connectivity index (χ2n) is 5.58. The molecule has 2 heterocycles. The quantitative estimate of drug-likeness (QED) is 0.705. The van der Waals surface area contributed by atoms with Crippen molar-refractivity contribution < 1.29 is 9.59 Å². The Bertz CT molecular complexity index is 819. The summed E-state index contributed by atoms with van der Waals surface area (Å²) in [6.07, 6.45) is 0. The highest BCUT2D eigenvalue weighted by atomic mass is 32.1. The molecular formula is C15H20N6O2S2. The molecule has 8 nitrogen and oxygen atoms in total. The number of amides is 3. The van der Waals surface area contributed by atoms with Crippen LogP contribution in [0.2, 0.25) is 0 Å². The molecule has 3 amide bonds. The fourth-order valence-electron chi connectivity index (χ4n) is 1.99. The van der Waals surface area contributed by atoms with Crippen LogP contribution in [0.4, 0.5) is 9.93 Å². The molecule has 0 saturated heterocycles. The zero-order valence-electron chi connectivity index (χ0n) is 14.7. The van der Waals surface area contributed by atoms with Crippen molar-refractivity contribution >= 4 is 41.0 Å². The van der Waals surface area contributed by atoms with Gasteiger partial charge < -0.3 is 10.2 Å². The van der Waals surface area contributed by atoms with Gasteiger partial charge in [0, 0.05) is 14.1 Å². The Balaban J connectivity index is 2.15. The molecule has 0 atom stereocenters. The van der Waals surface area contributed by atoms with E-state index in [1.807, 2.05) is 20.8 Å². The van der Waals surface area contributed by atoms with Crippen molar-refractivity contribution in [2.75, 3.05) is 26.0 Å². The Morgan fingerprint density at radius 2 is 1.80 bits per heavy atom. The third kappa shape index (κ3) is 4.67. The highest BCUT2D eigenvalue weighted by Gasteiger charge is 2.17. The van der Waals surface area contributed by atoms with E-state index in [0.29, 0.717) is 21.5 Å². The molecule has 2 aromatic rings. The Hall–Kier alpha value is -2.20. The standard InChI is InChI=1S/C15H20N6O2S2/c1-7-12(24)11(19-9(3)17-7)13-8(2)18-15(25-13)20-14(23)16-6-10(22)21(4)5/h24H,6H2,1-5H3,(H2,16,18,20,23). The maximum atomic E-state index is 11.9. The van der Waals surface area contributed by atoms with E-state index in [1.165, 1.54) is 16.2 Å². The SMILES string of the molecule is Cc1nc(C)c(S)c(-c2sc(NC(=O)NCC(=O)N(C)C)nc2C)n1. The predicted octanol–water partition coefficient (Wildman–Crippen LogP) is 2.02. The van der Waals surface area contributed by atoms with E-state index in [-0.39, 0.29) is 12.5 Å². The number of nitrogens with zero attached hydrogens (tertiary/aromatic N) is 4. The van der Waals surface area contributed by atoms with Gasteiger partial charge in [-0.15, -0.1) is 12.6 Å². The maximum absolute atomic E-state index is 11.9. The smallest absolute Gasteiger partial charge is 0.321 e. The second-order valence-corrected chi connectivity index (χ2v) is 7.03. The normalized spacial score (nSPS) is 10.5. The molecule has 0 aliphatic carbocycles. The van der Waals surface area contributed by atoms with E-state index in [1.54, 1.807) is 14.1 Å². The molecule has 0 aromatic carbocycles. The van der Waals surface area contributed by atoms with Gasteiger partial charge in [-0.1, -0.05) is 11.3 Å². The van der Waals surface area contributed by atoms with Crippen molar-refractivity contribution in [3.63, 3.8) is 0 Å². The minimum atomic E-state index is -0.489. The van der Waals surface area contributed by atoms with E-state index in [9.17, 15) is 9.59 Å². The largest absolute Gasteiger partial charge is 0.347 e. The Morgan fingerprint density at radius 3 is 2.44 bits per heavy atom. The average Bonchev–Trinajstić information content (AvgIpc) is 2.88. The number of likely N-dealkylation sites (N-methyl/N-ethyl adjacent to an activating group) is 1. The zero-order chi connectivity index (χ0) is 18.7. The van der Waals surface area contributed by atoms with Gasteiger partial charge in [0.05, 0.1) is 33.4 Å². The first kappa shape index (κ1) is 19.1. The maximum Gasteiger partial charge on any atom is 0.321 e. The molecule has 10 heteroatoms. The van der Waals surface area contributed by atoms with E-state index in [4.69, 9.17) is 0 Å². The lowest BCUT2D eigenvalue weighted by Gasteiger charge is -2.10. The van der Waals surface area contributed by atoms with Crippen LogP contribution < -0.4 is 10.6 Å². The van der Waals surface area contributed by atoms with Crippen molar-refractivity contribution in [2.24, 2.45) is 0 Å². The molecule has 0 unspecified atom stereocenters. The van der Waals surface area contributed by atoms with Crippen LogP contribution >= 0.6 is 24.0 Å². The minimum absolute atomic E-state index is 0.0822. The Labute approximate surface area is 155 Å². The molecular weight excluding hydrogens is 360 g/mol. The zero-order valence-corrected chi connectivity index (χ0v) is 16.4. The summed E-state index contributed by atoms with van der Waals surface area (Å²) in [6, 6.07) is -0.489. The van der Waals surface area contributed by atoms with Crippen molar-refractivity contribution in [3.05, 3.63) is 17.2 Å². The summed E-state index contributed by atoms with van der Waals surface area (Å²) >= 11 is 5.78. The molecule has 2 aromatic heterocycles. The van der Waals surface area contributed by atoms with E-state index < -0.39 is 6.03 Å². The second kappa shape index (κ2) is 7.79. The highest BCUT2D eigenvalue weighted by molar-refractivity contribution is 7.80. The van der Waals surface area contributed by atoms with Gasteiger partial charge in [-0.25, -0.2) is 19.7 Å². The summed E-state index contributed by atoms with van der Waals surface area (Å²) in [5.41, 5.74) is 2.21. The van der Waals surface area contributed by atoms with E-state index in [2.05, 4.69) is 38.2 Å². The van der Waals surface area contributed by atoms with Crippen molar-refractivity contribution in [1.82, 2.24) is 25.2 Å². The number of rotatable bonds is 4. The van der Waals surface area contributed by atoms with Gasteiger partial charge in [-0.05, 0) is 20.8 Å². The number of hydrogen-bond acceptors (Lipinski definition) is 7. The number of carbonyl (C=O) groups is 2. The number of thiol groups is 1. The molecule has 0 radical (unpaired) electrons. The van der Waals surface area contributed by atoms with Gasteiger partial charge in [0.15, 0.2) is 5.13 Å². The third-order valence-corrected chi connectivity index (χ3v) is 4.92. The monoisotopic (exact) mass is 380 g/mol. The average molecular weight is 380 g/mol. The number of urea groups is 1.